The molecule has 0 bridgehead atoms. The molecule has 0 heterocycles. The topological polar surface area (TPSA) is 84.5 Å². The molecule has 6 nitrogen and oxygen atoms in total. The molecule has 0 saturated heterocycles. The van der Waals surface area contributed by atoms with Crippen LogP contribution in [0.1, 0.15) is 57.1 Å². The van der Waals surface area contributed by atoms with Crippen molar-refractivity contribution in [1.82, 2.24) is 10.6 Å². The Labute approximate surface area is 162 Å². The van der Waals surface area contributed by atoms with Gasteiger partial charge in [0.05, 0.1) is 13.7 Å². The predicted molar refractivity (Wildman–Crippen MR) is 105 cm³/mol. The zero-order chi connectivity index (χ0) is 20.1. The Hall–Kier alpha value is -2.37. The monoisotopic (exact) mass is 376 g/mol. The second kappa shape index (κ2) is 12.9. The lowest BCUT2D eigenvalue weighted by Crippen LogP contribution is -2.47. The van der Waals surface area contributed by atoms with Gasteiger partial charge in [0.2, 0.25) is 11.8 Å². The minimum absolute atomic E-state index is 0.146. The molecular formula is C21H32N2O4. The highest BCUT2D eigenvalue weighted by molar-refractivity contribution is 5.88. The predicted octanol–water partition coefficient (Wildman–Crippen LogP) is 2.54. The van der Waals surface area contributed by atoms with E-state index in [9.17, 15) is 14.4 Å². The number of methoxy groups -OCH3 is 1. The van der Waals surface area contributed by atoms with E-state index in [-0.39, 0.29) is 12.5 Å². The fourth-order valence-corrected chi connectivity index (χ4v) is 2.71. The maximum Gasteiger partial charge on any atom is 0.328 e. The van der Waals surface area contributed by atoms with Gasteiger partial charge in [-0.25, -0.2) is 4.79 Å². The van der Waals surface area contributed by atoms with Crippen LogP contribution in [0.15, 0.2) is 24.3 Å². The number of rotatable bonds is 12. The van der Waals surface area contributed by atoms with E-state index in [2.05, 4.69) is 29.7 Å². The first kappa shape index (κ1) is 22.7. The normalized spacial score (nSPS) is 11.5. The fraction of sp³-hybridized carbons (Fsp3) is 0.571. The second-order valence-electron chi connectivity index (χ2n) is 6.65. The molecule has 0 aliphatic heterocycles. The summed E-state index contributed by atoms with van der Waals surface area (Å²) >= 11 is 0. The van der Waals surface area contributed by atoms with Crippen molar-refractivity contribution in [2.75, 3.05) is 13.7 Å². The van der Waals surface area contributed by atoms with Crippen molar-refractivity contribution in [3.8, 4) is 0 Å². The van der Waals surface area contributed by atoms with Gasteiger partial charge in [-0.3, -0.25) is 9.59 Å². The summed E-state index contributed by atoms with van der Waals surface area (Å²) in [6, 6.07) is 7.24. The number of hydrogen-bond acceptors (Lipinski definition) is 4. The Kier molecular flexibility index (Phi) is 10.8. The van der Waals surface area contributed by atoms with E-state index in [1.54, 1.807) is 0 Å². The van der Waals surface area contributed by atoms with Crippen LogP contribution >= 0.6 is 0 Å². The van der Waals surface area contributed by atoms with E-state index < -0.39 is 17.9 Å². The first-order valence-electron chi connectivity index (χ1n) is 9.71. The summed E-state index contributed by atoms with van der Waals surface area (Å²) in [5.74, 6) is -1.07. The lowest BCUT2D eigenvalue weighted by molar-refractivity contribution is -0.145. The quantitative estimate of drug-likeness (QED) is 0.549. The molecule has 2 N–H and O–H groups in total. The molecule has 0 aliphatic rings. The van der Waals surface area contributed by atoms with Gasteiger partial charge in [-0.15, -0.1) is 0 Å². The number of hydrogen-bond donors (Lipinski definition) is 2. The molecular weight excluding hydrogens is 344 g/mol. The SMILES string of the molecule is CCCCC(=O)NCC(=O)NC(Cc1cccc(CCCC)c1)C(=O)OC. The molecule has 1 aromatic rings. The number of ether oxygens (including phenoxy) is 1. The summed E-state index contributed by atoms with van der Waals surface area (Å²) in [6.45, 7) is 4.00. The Morgan fingerprint density at radius 2 is 1.74 bits per heavy atom. The minimum atomic E-state index is -0.781. The van der Waals surface area contributed by atoms with Crippen molar-refractivity contribution in [3.63, 3.8) is 0 Å². The molecule has 6 heteroatoms. The van der Waals surface area contributed by atoms with Crippen LogP contribution in [-0.2, 0) is 32.0 Å². The first-order chi connectivity index (χ1) is 13.0. The van der Waals surface area contributed by atoms with E-state index in [1.807, 2.05) is 19.1 Å². The van der Waals surface area contributed by atoms with Crippen LogP contribution < -0.4 is 10.6 Å². The van der Waals surface area contributed by atoms with Crippen molar-refractivity contribution in [1.29, 1.82) is 0 Å². The van der Waals surface area contributed by atoms with Crippen molar-refractivity contribution < 1.29 is 19.1 Å². The highest BCUT2D eigenvalue weighted by atomic mass is 16.5. The molecule has 0 aromatic heterocycles. The van der Waals surface area contributed by atoms with Crippen LogP contribution in [-0.4, -0.2) is 37.5 Å². The molecule has 1 atom stereocenters. The van der Waals surface area contributed by atoms with E-state index in [0.717, 1.165) is 37.7 Å². The average Bonchev–Trinajstić information content (AvgIpc) is 2.68. The van der Waals surface area contributed by atoms with Gasteiger partial charge in [-0.1, -0.05) is 51.0 Å². The fourth-order valence-electron chi connectivity index (χ4n) is 2.71. The molecule has 27 heavy (non-hydrogen) atoms. The first-order valence-corrected chi connectivity index (χ1v) is 9.71. The van der Waals surface area contributed by atoms with Gasteiger partial charge in [0.15, 0.2) is 0 Å². The van der Waals surface area contributed by atoms with Crippen LogP contribution in [0.3, 0.4) is 0 Å². The zero-order valence-corrected chi connectivity index (χ0v) is 16.7. The largest absolute Gasteiger partial charge is 0.467 e. The molecule has 0 fully saturated rings. The number of amides is 2. The molecule has 0 saturated carbocycles. The van der Waals surface area contributed by atoms with Crippen LogP contribution in [0, 0.1) is 0 Å². The number of carbonyl (C=O) groups excluding carboxylic acids is 3. The molecule has 0 spiro atoms. The van der Waals surface area contributed by atoms with Crippen LogP contribution in [0.4, 0.5) is 0 Å². The Bertz CT molecular complexity index is 616. The summed E-state index contributed by atoms with van der Waals surface area (Å²) in [4.78, 5) is 35.8. The van der Waals surface area contributed by atoms with Gasteiger partial charge in [0.1, 0.15) is 6.04 Å². The van der Waals surface area contributed by atoms with Crippen molar-refractivity contribution in [2.45, 2.75) is 64.8 Å². The number of benzene rings is 1. The number of carbonyl (C=O) groups is 3. The lowest BCUT2D eigenvalue weighted by atomic mass is 10.0. The second-order valence-corrected chi connectivity index (χ2v) is 6.65. The van der Waals surface area contributed by atoms with Crippen LogP contribution in [0.2, 0.25) is 0 Å². The third-order valence-electron chi connectivity index (χ3n) is 4.27. The standard InChI is InChI=1S/C21H32N2O4/c1-4-6-9-16-10-8-11-17(13-16)14-18(21(26)27-3)23-20(25)15-22-19(24)12-7-5-2/h8,10-11,13,18H,4-7,9,12,14-15H2,1-3H3,(H,22,24)(H,23,25). The summed E-state index contributed by atoms with van der Waals surface area (Å²) in [5.41, 5.74) is 2.18. The smallest absolute Gasteiger partial charge is 0.328 e. The van der Waals surface area contributed by atoms with E-state index in [1.165, 1.54) is 12.7 Å². The minimum Gasteiger partial charge on any atom is -0.467 e. The molecule has 1 unspecified atom stereocenters. The van der Waals surface area contributed by atoms with E-state index >= 15 is 0 Å². The summed E-state index contributed by atoms with van der Waals surface area (Å²) in [7, 11) is 1.30. The lowest BCUT2D eigenvalue weighted by Gasteiger charge is -2.17. The van der Waals surface area contributed by atoms with Crippen molar-refractivity contribution in [3.05, 3.63) is 35.4 Å². The Balaban J connectivity index is 2.64. The Morgan fingerprint density at radius 3 is 2.41 bits per heavy atom. The highest BCUT2D eigenvalue weighted by Gasteiger charge is 2.22. The summed E-state index contributed by atoms with van der Waals surface area (Å²) in [6.07, 6.45) is 5.67. The van der Waals surface area contributed by atoms with Gasteiger partial charge in [-0.05, 0) is 30.4 Å². The van der Waals surface area contributed by atoms with Gasteiger partial charge in [-0.2, -0.15) is 0 Å². The van der Waals surface area contributed by atoms with Crippen molar-refractivity contribution in [2.24, 2.45) is 0 Å². The van der Waals surface area contributed by atoms with E-state index in [0.29, 0.717) is 12.8 Å². The number of esters is 1. The third kappa shape index (κ3) is 9.22. The van der Waals surface area contributed by atoms with Gasteiger partial charge in [0, 0.05) is 12.8 Å². The zero-order valence-electron chi connectivity index (χ0n) is 16.7. The van der Waals surface area contributed by atoms with Crippen molar-refractivity contribution >= 4 is 17.8 Å². The van der Waals surface area contributed by atoms with Gasteiger partial charge >= 0.3 is 5.97 Å². The van der Waals surface area contributed by atoms with Crippen LogP contribution in [0.5, 0.6) is 0 Å². The molecule has 1 rings (SSSR count). The molecule has 150 valence electrons. The van der Waals surface area contributed by atoms with Gasteiger partial charge in [0.25, 0.3) is 0 Å². The molecule has 1 aromatic carbocycles. The number of aryl methyl sites for hydroxylation is 1. The molecule has 0 aliphatic carbocycles. The van der Waals surface area contributed by atoms with E-state index in [4.69, 9.17) is 4.74 Å². The summed E-state index contributed by atoms with van der Waals surface area (Å²) < 4.78 is 4.82. The van der Waals surface area contributed by atoms with Gasteiger partial charge < -0.3 is 15.4 Å². The average molecular weight is 376 g/mol. The number of nitrogens with one attached hydrogen (secondary N) is 2. The molecule has 0 radical (unpaired) electrons. The maximum absolute atomic E-state index is 12.1. The third-order valence-corrected chi connectivity index (χ3v) is 4.27. The van der Waals surface area contributed by atoms with Crippen LogP contribution in [0.25, 0.3) is 0 Å². The summed E-state index contributed by atoms with van der Waals surface area (Å²) in [5, 5.41) is 5.23. The highest BCUT2D eigenvalue weighted by Crippen LogP contribution is 2.11. The number of unbranched alkanes of at least 4 members (excludes halogenated alkanes) is 2. The Morgan fingerprint density at radius 1 is 1.04 bits per heavy atom. The molecule has 2 amide bonds. The maximum atomic E-state index is 12.1.